The standard InChI is InChI=1S/C26H23F2N3O3S/c27-18-6-5-15-17(21(18)28)12-35-20-4-2-1-3-16(20)22(15)31-13-29(26-9-14(10-26)11-26)25(34)23-24(33)19(32)7-8-30(23)31/h1-8,14,19,22,32-33H,9-13H2/t14?,19?,22-,26?/m0/s1. The number of aliphatic hydroxyl groups excluding tert-OH is 2. The minimum absolute atomic E-state index is 0.00879. The van der Waals surface area contributed by atoms with Gasteiger partial charge in [-0.15, -0.1) is 11.8 Å². The molecule has 1 unspecified atom stereocenters. The number of carbonyl (C=O) groups excluding carboxylic acids is 1. The van der Waals surface area contributed by atoms with E-state index >= 15 is 4.39 Å². The third-order valence-electron chi connectivity index (χ3n) is 8.16. The number of aliphatic hydroxyl groups is 2. The van der Waals surface area contributed by atoms with Crippen molar-refractivity contribution >= 4 is 17.7 Å². The second-order valence-electron chi connectivity index (χ2n) is 10.0. The number of rotatable bonds is 2. The van der Waals surface area contributed by atoms with Crippen LogP contribution < -0.4 is 0 Å². The molecule has 6 nitrogen and oxygen atoms in total. The van der Waals surface area contributed by atoms with Gasteiger partial charge in [0.25, 0.3) is 5.91 Å². The number of nitrogens with zero attached hydrogens (tertiary/aromatic N) is 3. The Morgan fingerprint density at radius 3 is 2.57 bits per heavy atom. The van der Waals surface area contributed by atoms with E-state index in [1.54, 1.807) is 22.2 Å². The summed E-state index contributed by atoms with van der Waals surface area (Å²) < 4.78 is 29.4. The van der Waals surface area contributed by atoms with Gasteiger partial charge in [0.2, 0.25) is 0 Å². The van der Waals surface area contributed by atoms with Gasteiger partial charge in [-0.3, -0.25) is 9.80 Å². The number of hydrogen-bond donors (Lipinski definition) is 2. The Balaban J connectivity index is 1.44. The summed E-state index contributed by atoms with van der Waals surface area (Å²) >= 11 is 1.45. The van der Waals surface area contributed by atoms with Crippen molar-refractivity contribution in [2.24, 2.45) is 5.92 Å². The first-order chi connectivity index (χ1) is 16.9. The molecular weight excluding hydrogens is 472 g/mol. The maximum Gasteiger partial charge on any atom is 0.277 e. The summed E-state index contributed by atoms with van der Waals surface area (Å²) in [6.07, 6.45) is 4.48. The molecule has 6 aliphatic rings. The van der Waals surface area contributed by atoms with Crippen molar-refractivity contribution in [2.75, 3.05) is 6.67 Å². The number of thioether (sulfide) groups is 1. The topological polar surface area (TPSA) is 67.2 Å². The van der Waals surface area contributed by atoms with Crippen molar-refractivity contribution < 1.29 is 23.8 Å². The fourth-order valence-electron chi connectivity index (χ4n) is 6.23. The zero-order chi connectivity index (χ0) is 24.1. The number of carbonyl (C=O) groups is 1. The van der Waals surface area contributed by atoms with E-state index < -0.39 is 29.5 Å². The smallest absolute Gasteiger partial charge is 0.277 e. The van der Waals surface area contributed by atoms with Gasteiger partial charge >= 0.3 is 0 Å². The van der Waals surface area contributed by atoms with Crippen LogP contribution in [0.3, 0.4) is 0 Å². The molecule has 3 saturated carbocycles. The van der Waals surface area contributed by atoms with Crippen molar-refractivity contribution in [3.8, 4) is 0 Å². The molecule has 2 atom stereocenters. The van der Waals surface area contributed by atoms with Gasteiger partial charge in [-0.1, -0.05) is 24.3 Å². The first-order valence-corrected chi connectivity index (χ1v) is 12.7. The lowest BCUT2D eigenvalue weighted by Gasteiger charge is -2.68. The van der Waals surface area contributed by atoms with E-state index in [1.165, 1.54) is 17.8 Å². The van der Waals surface area contributed by atoms with Crippen LogP contribution in [0.2, 0.25) is 0 Å². The summed E-state index contributed by atoms with van der Waals surface area (Å²) in [5.74, 6) is -1.57. The van der Waals surface area contributed by atoms with Crippen LogP contribution in [-0.4, -0.2) is 49.3 Å². The first kappa shape index (κ1) is 21.4. The highest BCUT2D eigenvalue weighted by Crippen LogP contribution is 2.62. The average molecular weight is 496 g/mol. The third-order valence-corrected chi connectivity index (χ3v) is 9.28. The number of hydrogen-bond acceptors (Lipinski definition) is 6. The molecule has 0 radical (unpaired) electrons. The fraction of sp³-hybridized carbons (Fsp3) is 0.346. The average Bonchev–Trinajstić information content (AvgIpc) is 2.95. The maximum absolute atomic E-state index is 15.1. The summed E-state index contributed by atoms with van der Waals surface area (Å²) in [6.45, 7) is 0.227. The fourth-order valence-corrected chi connectivity index (χ4v) is 7.35. The lowest BCUT2D eigenvalue weighted by molar-refractivity contribution is -0.204. The van der Waals surface area contributed by atoms with Crippen LogP contribution in [-0.2, 0) is 10.5 Å². The zero-order valence-corrected chi connectivity index (χ0v) is 19.5. The lowest BCUT2D eigenvalue weighted by Crippen LogP contribution is -2.74. The molecule has 3 heterocycles. The number of hydrazine groups is 1. The van der Waals surface area contributed by atoms with Crippen LogP contribution in [0, 0.1) is 17.6 Å². The minimum Gasteiger partial charge on any atom is -0.507 e. The molecule has 9 heteroatoms. The van der Waals surface area contributed by atoms with Crippen molar-refractivity contribution in [3.63, 3.8) is 0 Å². The van der Waals surface area contributed by atoms with Gasteiger partial charge in [0.15, 0.2) is 23.1 Å². The predicted octanol–water partition coefficient (Wildman–Crippen LogP) is 4.19. The Kier molecular flexibility index (Phi) is 4.47. The molecule has 8 rings (SSSR count). The highest BCUT2D eigenvalue weighted by molar-refractivity contribution is 7.98. The molecule has 3 aliphatic carbocycles. The van der Waals surface area contributed by atoms with E-state index in [1.807, 2.05) is 29.3 Å². The Labute approximate surface area is 205 Å². The number of fused-ring (bicyclic) bond motifs is 3. The van der Waals surface area contributed by atoms with Gasteiger partial charge in [0.05, 0.1) is 12.7 Å². The molecular formula is C26H23F2N3O3S. The second kappa shape index (κ2) is 7.32. The Morgan fingerprint density at radius 2 is 1.83 bits per heavy atom. The van der Waals surface area contributed by atoms with Crippen LogP contribution in [0.1, 0.15) is 42.0 Å². The van der Waals surface area contributed by atoms with E-state index in [2.05, 4.69) is 0 Å². The molecule has 1 amide bonds. The van der Waals surface area contributed by atoms with Crippen molar-refractivity contribution in [2.45, 2.75) is 47.6 Å². The van der Waals surface area contributed by atoms with Gasteiger partial charge in [0, 0.05) is 28.0 Å². The quantitative estimate of drug-likeness (QED) is 0.652. The monoisotopic (exact) mass is 495 g/mol. The Morgan fingerprint density at radius 1 is 1.06 bits per heavy atom. The number of amides is 1. The van der Waals surface area contributed by atoms with Crippen molar-refractivity contribution in [1.82, 2.24) is 14.9 Å². The van der Waals surface area contributed by atoms with Gasteiger partial charge < -0.3 is 15.1 Å². The normalized spacial score (nSPS) is 31.3. The molecule has 2 N–H and O–H groups in total. The van der Waals surface area contributed by atoms with Crippen molar-refractivity contribution in [1.29, 1.82) is 0 Å². The van der Waals surface area contributed by atoms with Crippen LogP contribution in [0.4, 0.5) is 8.78 Å². The Bertz CT molecular complexity index is 1330. The first-order valence-electron chi connectivity index (χ1n) is 11.7. The molecule has 2 bridgehead atoms. The maximum atomic E-state index is 15.1. The van der Waals surface area contributed by atoms with Crippen LogP contribution in [0.25, 0.3) is 0 Å². The SMILES string of the molecule is O=C1C2=C(O)C(O)C=CN2N([C@@H]2c3ccccc3SCc3c2ccc(F)c3F)CN1C12CC(C1)C2. The van der Waals surface area contributed by atoms with Gasteiger partial charge in [-0.2, -0.15) is 5.01 Å². The van der Waals surface area contributed by atoms with Crippen LogP contribution in [0.15, 0.2) is 65.0 Å². The van der Waals surface area contributed by atoms with E-state index in [4.69, 9.17) is 0 Å². The summed E-state index contributed by atoms with van der Waals surface area (Å²) in [4.78, 5) is 16.4. The summed E-state index contributed by atoms with van der Waals surface area (Å²) in [7, 11) is 0. The summed E-state index contributed by atoms with van der Waals surface area (Å²) in [5.41, 5.74) is 1.58. The largest absolute Gasteiger partial charge is 0.507 e. The van der Waals surface area contributed by atoms with E-state index in [0.717, 1.165) is 35.8 Å². The third kappa shape index (κ3) is 2.86. The van der Waals surface area contributed by atoms with Crippen molar-refractivity contribution in [3.05, 3.63) is 88.5 Å². The molecule has 180 valence electrons. The van der Waals surface area contributed by atoms with E-state index in [-0.39, 0.29) is 29.6 Å². The van der Waals surface area contributed by atoms with E-state index in [9.17, 15) is 19.4 Å². The molecule has 3 aliphatic heterocycles. The molecule has 2 aromatic rings. The number of benzene rings is 2. The summed E-state index contributed by atoms with van der Waals surface area (Å²) in [6, 6.07) is 9.99. The van der Waals surface area contributed by atoms with Gasteiger partial charge in [-0.25, -0.2) is 8.78 Å². The molecule has 35 heavy (non-hydrogen) atoms. The van der Waals surface area contributed by atoms with Gasteiger partial charge in [0.1, 0.15) is 6.10 Å². The second-order valence-corrected chi connectivity index (χ2v) is 11.1. The Hall–Kier alpha value is -2.88. The molecule has 1 saturated heterocycles. The lowest BCUT2D eigenvalue weighted by atomic mass is 9.49. The highest BCUT2D eigenvalue weighted by Gasteiger charge is 2.63. The van der Waals surface area contributed by atoms with Crippen LogP contribution >= 0.6 is 11.8 Å². The molecule has 2 aromatic carbocycles. The molecule has 4 fully saturated rings. The predicted molar refractivity (Wildman–Crippen MR) is 124 cm³/mol. The van der Waals surface area contributed by atoms with E-state index in [0.29, 0.717) is 17.0 Å². The van der Waals surface area contributed by atoms with Gasteiger partial charge in [-0.05, 0) is 54.5 Å². The highest BCUT2D eigenvalue weighted by atomic mass is 32.2. The number of halogens is 2. The molecule has 0 aromatic heterocycles. The van der Waals surface area contributed by atoms with Crippen LogP contribution in [0.5, 0.6) is 0 Å². The molecule has 0 spiro atoms. The summed E-state index contributed by atoms with van der Waals surface area (Å²) in [5, 5.41) is 24.7. The minimum atomic E-state index is -1.28. The zero-order valence-electron chi connectivity index (χ0n) is 18.7.